The second kappa shape index (κ2) is 9.79. The van der Waals surface area contributed by atoms with Crippen molar-refractivity contribution in [2.24, 2.45) is 11.8 Å². The molecule has 1 N–H and O–H groups in total. The van der Waals surface area contributed by atoms with E-state index in [1.54, 1.807) is 18.5 Å². The summed E-state index contributed by atoms with van der Waals surface area (Å²) >= 11 is 0. The molecule has 0 aliphatic heterocycles. The van der Waals surface area contributed by atoms with Gasteiger partial charge in [-0.2, -0.15) is 0 Å². The molecule has 6 nitrogen and oxygen atoms in total. The molecule has 5 rings (SSSR count). The van der Waals surface area contributed by atoms with Crippen LogP contribution in [0.4, 0.5) is 9.18 Å². The van der Waals surface area contributed by atoms with Crippen molar-refractivity contribution in [2.75, 3.05) is 6.61 Å². The Bertz CT molecular complexity index is 1170. The fraction of sp³-hybridized carbons (Fsp3) is 0.370. The van der Waals surface area contributed by atoms with Gasteiger partial charge >= 0.3 is 6.09 Å². The van der Waals surface area contributed by atoms with Crippen LogP contribution in [0.3, 0.4) is 0 Å². The fourth-order valence-corrected chi connectivity index (χ4v) is 5.43. The maximum Gasteiger partial charge on any atom is 0.407 e. The molecule has 2 heterocycles. The monoisotopic (exact) mass is 461 g/mol. The summed E-state index contributed by atoms with van der Waals surface area (Å²) in [5.41, 5.74) is 4.68. The number of rotatable bonds is 5. The summed E-state index contributed by atoms with van der Waals surface area (Å²) in [6, 6.07) is 10.5. The summed E-state index contributed by atoms with van der Waals surface area (Å²) in [7, 11) is 0. The first kappa shape index (κ1) is 22.3. The number of nitrogens with one attached hydrogen (secondary N) is 1. The Morgan fingerprint density at radius 1 is 1.26 bits per heavy atom. The lowest BCUT2D eigenvalue weighted by Gasteiger charge is -2.42. The largest absolute Gasteiger partial charge is 0.450 e. The quantitative estimate of drug-likeness (QED) is 0.523. The van der Waals surface area contributed by atoms with Gasteiger partial charge in [-0.15, -0.1) is 0 Å². The molecule has 0 radical (unpaired) electrons. The first-order chi connectivity index (χ1) is 16.6. The maximum absolute atomic E-state index is 13.5. The molecule has 0 spiro atoms. The van der Waals surface area contributed by atoms with E-state index in [9.17, 15) is 9.18 Å². The molecule has 2 aromatic heterocycles. The first-order valence-corrected chi connectivity index (χ1v) is 11.9. The maximum atomic E-state index is 13.5. The number of pyridine rings is 1. The molecule has 2 aliphatic carbocycles. The van der Waals surface area contributed by atoms with Crippen LogP contribution in [0, 0.1) is 17.7 Å². The predicted octanol–water partition coefficient (Wildman–Crippen LogP) is 5.76. The van der Waals surface area contributed by atoms with Crippen LogP contribution in [-0.4, -0.2) is 28.9 Å². The smallest absolute Gasteiger partial charge is 0.407 e. The molecule has 0 bridgehead atoms. The normalized spacial score (nSPS) is 23.8. The van der Waals surface area contributed by atoms with Crippen LogP contribution in [-0.2, 0) is 11.2 Å². The molecule has 0 unspecified atom stereocenters. The third-order valence-corrected chi connectivity index (χ3v) is 7.01. The molecule has 176 valence electrons. The summed E-state index contributed by atoms with van der Waals surface area (Å²) in [5.74, 6) is 0.796. The van der Waals surface area contributed by atoms with Crippen molar-refractivity contribution in [1.82, 2.24) is 15.5 Å². The third kappa shape index (κ3) is 4.74. The Morgan fingerprint density at radius 2 is 2.18 bits per heavy atom. The Morgan fingerprint density at radius 3 is 2.97 bits per heavy atom. The minimum Gasteiger partial charge on any atom is -0.450 e. The Hall–Kier alpha value is -3.48. The van der Waals surface area contributed by atoms with Gasteiger partial charge in [-0.05, 0) is 74.3 Å². The first-order valence-electron chi connectivity index (χ1n) is 11.9. The standard InChI is InChI=1S/C27H28FN3O3/c1-2-33-27(32)30-22-9-10-23-19(13-22)14-26-25(16-34-31-26)24(23)11-8-21-7-6-18(15-29-21)17-4-3-5-20(28)12-17/h3-8,11-12,15-16,19,22-24H,2,9-10,13-14H2,1H3,(H,30,32)/b11-8+/t19-,22-,23+,24-/m0/s1. The van der Waals surface area contributed by atoms with Crippen LogP contribution in [0.1, 0.15) is 49.1 Å². The highest BCUT2D eigenvalue weighted by molar-refractivity contribution is 5.67. The minimum absolute atomic E-state index is 0.121. The molecule has 1 amide bonds. The van der Waals surface area contributed by atoms with Gasteiger partial charge in [-0.3, -0.25) is 4.98 Å². The number of carbonyl (C=O) groups is 1. The second-order valence-corrected chi connectivity index (χ2v) is 9.09. The second-order valence-electron chi connectivity index (χ2n) is 9.09. The Kier molecular flexibility index (Phi) is 6.43. The molecule has 1 saturated carbocycles. The number of hydrogen-bond acceptors (Lipinski definition) is 5. The van der Waals surface area contributed by atoms with Crippen LogP contribution in [0.2, 0.25) is 0 Å². The summed E-state index contributed by atoms with van der Waals surface area (Å²) in [4.78, 5) is 16.5. The topological polar surface area (TPSA) is 77.2 Å². The van der Waals surface area contributed by atoms with E-state index in [-0.39, 0.29) is 23.9 Å². The van der Waals surface area contributed by atoms with E-state index in [1.165, 1.54) is 12.1 Å². The van der Waals surface area contributed by atoms with Gasteiger partial charge in [-0.25, -0.2) is 9.18 Å². The summed E-state index contributed by atoms with van der Waals surface area (Å²) in [5, 5.41) is 7.26. The van der Waals surface area contributed by atoms with Crippen LogP contribution >= 0.6 is 0 Å². The van der Waals surface area contributed by atoms with E-state index in [0.29, 0.717) is 18.4 Å². The SMILES string of the molecule is CCOC(=O)N[C@H]1CC[C@@H]2[C@H](Cc3nocc3[C@H]2/C=C/c2ccc(-c3cccc(F)c3)cn2)C1. The number of halogens is 1. The molecule has 2 aliphatic rings. The van der Waals surface area contributed by atoms with Gasteiger partial charge in [0, 0.05) is 29.3 Å². The molecule has 1 aromatic carbocycles. The third-order valence-electron chi connectivity index (χ3n) is 7.01. The number of fused-ring (bicyclic) bond motifs is 2. The Balaban J connectivity index is 1.32. The van der Waals surface area contributed by atoms with E-state index in [2.05, 4.69) is 21.5 Å². The van der Waals surface area contributed by atoms with Gasteiger partial charge in [-0.1, -0.05) is 29.4 Å². The van der Waals surface area contributed by atoms with Crippen LogP contribution < -0.4 is 5.32 Å². The van der Waals surface area contributed by atoms with Gasteiger partial charge in [0.05, 0.1) is 18.0 Å². The van der Waals surface area contributed by atoms with Gasteiger partial charge < -0.3 is 14.6 Å². The number of nitrogens with zero attached hydrogens (tertiary/aromatic N) is 2. The summed E-state index contributed by atoms with van der Waals surface area (Å²) in [6.45, 7) is 2.18. The lowest BCUT2D eigenvalue weighted by atomic mass is 9.64. The minimum atomic E-state index is -0.340. The molecule has 0 saturated heterocycles. The lowest BCUT2D eigenvalue weighted by molar-refractivity contribution is 0.129. The van der Waals surface area contributed by atoms with E-state index in [4.69, 9.17) is 9.26 Å². The van der Waals surface area contributed by atoms with E-state index >= 15 is 0 Å². The number of ether oxygens (including phenoxy) is 1. The molecular formula is C27H28FN3O3. The predicted molar refractivity (Wildman–Crippen MR) is 126 cm³/mol. The highest BCUT2D eigenvalue weighted by Gasteiger charge is 2.41. The van der Waals surface area contributed by atoms with Gasteiger partial charge in [0.2, 0.25) is 0 Å². The van der Waals surface area contributed by atoms with Crippen LogP contribution in [0.15, 0.2) is 59.5 Å². The van der Waals surface area contributed by atoms with Gasteiger partial charge in [0.25, 0.3) is 0 Å². The lowest BCUT2D eigenvalue weighted by Crippen LogP contribution is -2.44. The molecule has 3 aromatic rings. The van der Waals surface area contributed by atoms with Crippen molar-refractivity contribution in [3.05, 3.63) is 77.7 Å². The number of benzene rings is 1. The zero-order valence-corrected chi connectivity index (χ0v) is 19.1. The van der Waals surface area contributed by atoms with Crippen molar-refractivity contribution in [3.63, 3.8) is 0 Å². The van der Waals surface area contributed by atoms with Crippen LogP contribution in [0.5, 0.6) is 0 Å². The molecule has 4 atom stereocenters. The molecular weight excluding hydrogens is 433 g/mol. The zero-order valence-electron chi connectivity index (χ0n) is 19.1. The zero-order chi connectivity index (χ0) is 23.5. The van der Waals surface area contributed by atoms with Gasteiger partial charge in [0.1, 0.15) is 12.1 Å². The van der Waals surface area contributed by atoms with Crippen molar-refractivity contribution in [1.29, 1.82) is 0 Å². The number of amides is 1. The summed E-state index contributed by atoms with van der Waals surface area (Å²) < 4.78 is 23.9. The number of carbonyl (C=O) groups excluding carboxylic acids is 1. The van der Waals surface area contributed by atoms with E-state index in [0.717, 1.165) is 53.8 Å². The molecule has 1 fully saturated rings. The number of allylic oxidation sites excluding steroid dienone is 1. The summed E-state index contributed by atoms with van der Waals surface area (Å²) in [6.07, 6.45) is 11.1. The van der Waals surface area contributed by atoms with E-state index < -0.39 is 0 Å². The number of aromatic nitrogens is 2. The van der Waals surface area contributed by atoms with Crippen molar-refractivity contribution >= 4 is 12.2 Å². The Labute approximate surface area is 198 Å². The van der Waals surface area contributed by atoms with E-state index in [1.807, 2.05) is 31.2 Å². The number of alkyl carbamates (subject to hydrolysis) is 1. The number of hydrogen-bond donors (Lipinski definition) is 1. The van der Waals surface area contributed by atoms with Crippen LogP contribution in [0.25, 0.3) is 17.2 Å². The van der Waals surface area contributed by atoms with Gasteiger partial charge in [0.15, 0.2) is 0 Å². The molecule has 7 heteroatoms. The average Bonchev–Trinajstić information content (AvgIpc) is 3.30. The highest BCUT2D eigenvalue weighted by atomic mass is 19.1. The molecule has 34 heavy (non-hydrogen) atoms. The van der Waals surface area contributed by atoms with Crippen molar-refractivity contribution < 1.29 is 18.4 Å². The van der Waals surface area contributed by atoms with Crippen molar-refractivity contribution in [2.45, 2.75) is 44.6 Å². The highest BCUT2D eigenvalue weighted by Crippen LogP contribution is 2.47. The fourth-order valence-electron chi connectivity index (χ4n) is 5.43. The van der Waals surface area contributed by atoms with Crippen molar-refractivity contribution in [3.8, 4) is 11.1 Å². The average molecular weight is 462 g/mol.